The van der Waals surface area contributed by atoms with Crippen LogP contribution in [0.15, 0.2) is 12.1 Å². The Morgan fingerprint density at radius 3 is 2.14 bits per heavy atom. The fourth-order valence-corrected chi connectivity index (χ4v) is 2.24. The predicted molar refractivity (Wildman–Crippen MR) is 85.7 cm³/mol. The molecule has 0 bridgehead atoms. The molecule has 4 heteroatoms. The van der Waals surface area contributed by atoms with Crippen LogP contribution in [0, 0.1) is 17.0 Å². The Hall–Kier alpha value is -1.16. The summed E-state index contributed by atoms with van der Waals surface area (Å²) in [5.74, 6) is -0.996. The van der Waals surface area contributed by atoms with Crippen LogP contribution in [0.4, 0.5) is 14.5 Å². The third kappa shape index (κ3) is 4.67. The summed E-state index contributed by atoms with van der Waals surface area (Å²) in [6.45, 7) is 11.6. The van der Waals surface area contributed by atoms with Crippen molar-refractivity contribution >= 4 is 5.69 Å². The number of hydrogen-bond acceptors (Lipinski definition) is 2. The Kier molecular flexibility index (Phi) is 6.14. The normalized spacial score (nSPS) is 13.3. The lowest BCUT2D eigenvalue weighted by molar-refractivity contribution is 0.326. The molecule has 0 aliphatic carbocycles. The summed E-state index contributed by atoms with van der Waals surface area (Å²) >= 11 is 0. The van der Waals surface area contributed by atoms with Crippen LogP contribution in [-0.4, -0.2) is 19.6 Å². The third-order valence-corrected chi connectivity index (χ3v) is 4.02. The lowest BCUT2D eigenvalue weighted by Crippen LogP contribution is -2.40. The number of benzene rings is 1. The Morgan fingerprint density at radius 2 is 1.71 bits per heavy atom. The van der Waals surface area contributed by atoms with E-state index in [0.29, 0.717) is 12.1 Å². The maximum atomic E-state index is 14.3. The fraction of sp³-hybridized carbons (Fsp3) is 0.647. The summed E-state index contributed by atoms with van der Waals surface area (Å²) in [6, 6.07) is 2.87. The van der Waals surface area contributed by atoms with E-state index in [9.17, 15) is 8.78 Å². The molecule has 0 fully saturated rings. The minimum Gasteiger partial charge on any atom is -0.367 e. The van der Waals surface area contributed by atoms with E-state index in [-0.39, 0.29) is 17.1 Å². The summed E-state index contributed by atoms with van der Waals surface area (Å²) in [6.07, 6.45) is 0.995. The van der Waals surface area contributed by atoms with Gasteiger partial charge < -0.3 is 10.2 Å². The number of nitrogens with one attached hydrogen (secondary N) is 1. The van der Waals surface area contributed by atoms with Gasteiger partial charge in [0.05, 0.1) is 0 Å². The van der Waals surface area contributed by atoms with Gasteiger partial charge in [0.2, 0.25) is 0 Å². The summed E-state index contributed by atoms with van der Waals surface area (Å²) in [5, 5.41) is 3.15. The summed E-state index contributed by atoms with van der Waals surface area (Å²) in [7, 11) is 1.74. The number of hydrogen-bond donors (Lipinski definition) is 1. The molecule has 120 valence electrons. The SMILES string of the molecule is CCCNCc1cc(F)c(N(C)C(C)C(C)(C)C)c(F)c1. The van der Waals surface area contributed by atoms with Crippen molar-refractivity contribution in [3.05, 3.63) is 29.3 Å². The maximum absolute atomic E-state index is 14.3. The van der Waals surface area contributed by atoms with Crippen molar-refractivity contribution in [1.82, 2.24) is 5.32 Å². The molecule has 1 rings (SSSR count). The van der Waals surface area contributed by atoms with Gasteiger partial charge in [-0.25, -0.2) is 8.78 Å². The van der Waals surface area contributed by atoms with Crippen molar-refractivity contribution < 1.29 is 8.78 Å². The minimum absolute atomic E-state index is 0.0190. The van der Waals surface area contributed by atoms with E-state index in [4.69, 9.17) is 0 Å². The summed E-state index contributed by atoms with van der Waals surface area (Å²) < 4.78 is 28.6. The van der Waals surface area contributed by atoms with Gasteiger partial charge in [0.1, 0.15) is 17.3 Å². The van der Waals surface area contributed by atoms with Gasteiger partial charge in [-0.3, -0.25) is 0 Å². The van der Waals surface area contributed by atoms with E-state index < -0.39 is 11.6 Å². The molecule has 1 atom stereocenters. The molecule has 0 spiro atoms. The lowest BCUT2D eigenvalue weighted by atomic mass is 9.87. The fourth-order valence-electron chi connectivity index (χ4n) is 2.24. The average molecular weight is 298 g/mol. The molecule has 0 amide bonds. The first-order chi connectivity index (χ1) is 9.68. The zero-order chi connectivity index (χ0) is 16.2. The number of rotatable bonds is 6. The zero-order valence-corrected chi connectivity index (χ0v) is 14.1. The van der Waals surface area contributed by atoms with Gasteiger partial charge in [0.25, 0.3) is 0 Å². The highest BCUT2D eigenvalue weighted by molar-refractivity contribution is 5.51. The lowest BCUT2D eigenvalue weighted by Gasteiger charge is -2.37. The topological polar surface area (TPSA) is 15.3 Å². The van der Waals surface area contributed by atoms with Gasteiger partial charge in [0, 0.05) is 19.6 Å². The van der Waals surface area contributed by atoms with Gasteiger partial charge >= 0.3 is 0 Å². The molecule has 2 nitrogen and oxygen atoms in total. The second-order valence-corrected chi connectivity index (χ2v) is 6.74. The van der Waals surface area contributed by atoms with Crippen molar-refractivity contribution in [2.75, 3.05) is 18.5 Å². The Balaban J connectivity index is 2.99. The molecule has 0 aromatic heterocycles. The first-order valence-electron chi connectivity index (χ1n) is 7.60. The minimum atomic E-state index is -0.498. The Bertz CT molecular complexity index is 443. The number of halogens is 2. The molecule has 0 saturated heterocycles. The Morgan fingerprint density at radius 1 is 1.19 bits per heavy atom. The van der Waals surface area contributed by atoms with E-state index >= 15 is 0 Å². The summed E-state index contributed by atoms with van der Waals surface area (Å²) in [5.41, 5.74) is 0.630. The van der Waals surface area contributed by atoms with Crippen LogP contribution < -0.4 is 10.2 Å². The van der Waals surface area contributed by atoms with Crippen molar-refractivity contribution in [3.63, 3.8) is 0 Å². The van der Waals surface area contributed by atoms with Crippen molar-refractivity contribution in [1.29, 1.82) is 0 Å². The van der Waals surface area contributed by atoms with E-state index in [0.717, 1.165) is 13.0 Å². The molecule has 21 heavy (non-hydrogen) atoms. The van der Waals surface area contributed by atoms with Gasteiger partial charge in [-0.05, 0) is 43.0 Å². The van der Waals surface area contributed by atoms with Crippen molar-refractivity contribution in [2.45, 2.75) is 53.6 Å². The Labute approximate surface area is 127 Å². The van der Waals surface area contributed by atoms with Crippen LogP contribution in [0.2, 0.25) is 0 Å². The first-order valence-corrected chi connectivity index (χ1v) is 7.60. The molecular formula is C17H28F2N2. The maximum Gasteiger partial charge on any atom is 0.149 e. The molecule has 1 unspecified atom stereocenters. The van der Waals surface area contributed by atoms with Crippen LogP contribution in [0.1, 0.15) is 46.6 Å². The number of nitrogens with zero attached hydrogens (tertiary/aromatic N) is 1. The molecular weight excluding hydrogens is 270 g/mol. The standard InChI is InChI=1S/C17H28F2N2/c1-7-8-20-11-13-9-14(18)16(15(19)10-13)21(6)12(2)17(3,4)5/h9-10,12,20H,7-8,11H2,1-6H3. The summed E-state index contributed by atoms with van der Waals surface area (Å²) in [4.78, 5) is 1.69. The third-order valence-electron chi connectivity index (χ3n) is 4.02. The van der Waals surface area contributed by atoms with Crippen LogP contribution in [0.5, 0.6) is 0 Å². The monoisotopic (exact) mass is 298 g/mol. The highest BCUT2D eigenvalue weighted by atomic mass is 19.1. The van der Waals surface area contributed by atoms with Crippen LogP contribution in [-0.2, 0) is 6.54 Å². The molecule has 0 heterocycles. The number of anilines is 1. The highest BCUT2D eigenvalue weighted by Gasteiger charge is 2.27. The van der Waals surface area contributed by atoms with Gasteiger partial charge in [-0.15, -0.1) is 0 Å². The quantitative estimate of drug-likeness (QED) is 0.786. The largest absolute Gasteiger partial charge is 0.367 e. The molecule has 0 radical (unpaired) electrons. The van der Waals surface area contributed by atoms with E-state index in [1.807, 2.05) is 6.92 Å². The van der Waals surface area contributed by atoms with Crippen molar-refractivity contribution in [2.24, 2.45) is 5.41 Å². The van der Waals surface area contributed by atoms with Gasteiger partial charge in [-0.2, -0.15) is 0 Å². The second-order valence-electron chi connectivity index (χ2n) is 6.74. The predicted octanol–water partition coefficient (Wildman–Crippen LogP) is 4.34. The zero-order valence-electron chi connectivity index (χ0n) is 14.1. The highest BCUT2D eigenvalue weighted by Crippen LogP contribution is 2.31. The smallest absolute Gasteiger partial charge is 0.149 e. The van der Waals surface area contributed by atoms with Crippen molar-refractivity contribution in [3.8, 4) is 0 Å². The van der Waals surface area contributed by atoms with E-state index in [2.05, 4.69) is 33.0 Å². The molecule has 1 aromatic carbocycles. The van der Waals surface area contributed by atoms with Gasteiger partial charge in [0.15, 0.2) is 0 Å². The average Bonchev–Trinajstić information content (AvgIpc) is 2.36. The molecule has 0 aliphatic rings. The first kappa shape index (κ1) is 17.9. The molecule has 1 aromatic rings. The molecule has 0 saturated carbocycles. The van der Waals surface area contributed by atoms with Crippen LogP contribution in [0.25, 0.3) is 0 Å². The van der Waals surface area contributed by atoms with E-state index in [1.54, 1.807) is 11.9 Å². The second kappa shape index (κ2) is 7.21. The molecule has 0 aliphatic heterocycles. The van der Waals surface area contributed by atoms with Gasteiger partial charge in [-0.1, -0.05) is 27.7 Å². The molecule has 1 N–H and O–H groups in total. The van der Waals surface area contributed by atoms with E-state index in [1.165, 1.54) is 12.1 Å². The van der Waals surface area contributed by atoms with Crippen LogP contribution in [0.3, 0.4) is 0 Å². The van der Waals surface area contributed by atoms with Crippen LogP contribution >= 0.6 is 0 Å².